The van der Waals surface area contributed by atoms with Crippen LogP contribution in [0.1, 0.15) is 45.9 Å². The van der Waals surface area contributed by atoms with E-state index in [1.165, 1.54) is 0 Å². The lowest BCUT2D eigenvalue weighted by molar-refractivity contribution is 1.29. The molecule has 0 aliphatic rings. The molecule has 0 atom stereocenters. The molecule has 1 aromatic heterocycles. The molecule has 1 aromatic rings. The van der Waals surface area contributed by atoms with E-state index in [0.29, 0.717) is 0 Å². The third kappa shape index (κ3) is 4.62. The summed E-state index contributed by atoms with van der Waals surface area (Å²) in [6.45, 7) is 21.2. The van der Waals surface area contributed by atoms with Crippen LogP contribution in [0.2, 0.25) is 0 Å². The maximum absolute atomic E-state index is 3.79. The van der Waals surface area contributed by atoms with Crippen LogP contribution in [0.15, 0.2) is 25.8 Å². The fraction of sp³-hybridized carbons (Fsp3) is 0.294. The SMILES string of the molecule is C=C/C=c1/[nH]c(C=C)c(C=C)/c1=C/C.CC.CC. The first kappa shape index (κ1) is 18.6. The summed E-state index contributed by atoms with van der Waals surface area (Å²) in [5.41, 5.74) is 2.09. The molecular formula is C17H27N. The van der Waals surface area contributed by atoms with Gasteiger partial charge in [0.15, 0.2) is 0 Å². The molecular weight excluding hydrogens is 218 g/mol. The highest BCUT2D eigenvalue weighted by atomic mass is 14.7. The predicted molar refractivity (Wildman–Crippen MR) is 87.7 cm³/mol. The zero-order valence-corrected chi connectivity index (χ0v) is 12.5. The first-order valence-electron chi connectivity index (χ1n) is 6.54. The molecule has 0 aliphatic heterocycles. The van der Waals surface area contributed by atoms with Gasteiger partial charge in [0.25, 0.3) is 0 Å². The Balaban J connectivity index is 0. The van der Waals surface area contributed by atoms with Crippen molar-refractivity contribution in [1.82, 2.24) is 4.98 Å². The first-order chi connectivity index (χ1) is 8.78. The van der Waals surface area contributed by atoms with Crippen LogP contribution >= 0.6 is 0 Å². The summed E-state index contributed by atoms with van der Waals surface area (Å²) in [7, 11) is 0. The molecule has 0 aliphatic carbocycles. The van der Waals surface area contributed by atoms with Crippen LogP contribution in [-0.2, 0) is 0 Å². The molecule has 0 bridgehead atoms. The van der Waals surface area contributed by atoms with Crippen molar-refractivity contribution >= 4 is 24.3 Å². The lowest BCUT2D eigenvalue weighted by Gasteiger charge is -1.88. The standard InChI is InChI=1S/C13H15N.2C2H6/c1-5-9-13-11(7-3)10(6-2)12(8-4)14-13;2*1-2/h5-9,14H,1-2,4H2,3H3;2*1-2H3/b11-7-,13-9+;;. The number of allylic oxidation sites excluding steroid dienone is 1. The number of rotatable bonds is 3. The molecule has 0 saturated heterocycles. The highest BCUT2D eigenvalue weighted by Crippen LogP contribution is 2.01. The lowest BCUT2D eigenvalue weighted by Crippen LogP contribution is -2.23. The van der Waals surface area contributed by atoms with E-state index in [4.69, 9.17) is 0 Å². The van der Waals surface area contributed by atoms with Gasteiger partial charge in [-0.3, -0.25) is 0 Å². The normalized spacial score (nSPS) is 10.7. The summed E-state index contributed by atoms with van der Waals surface area (Å²) < 4.78 is 0. The molecule has 0 saturated carbocycles. The maximum atomic E-state index is 3.79. The minimum Gasteiger partial charge on any atom is -0.355 e. The Morgan fingerprint density at radius 1 is 0.944 bits per heavy atom. The minimum atomic E-state index is 1.00. The highest BCUT2D eigenvalue weighted by molar-refractivity contribution is 5.63. The smallest absolute Gasteiger partial charge is 0.0461 e. The molecule has 1 nitrogen and oxygen atoms in total. The number of aromatic amines is 1. The third-order valence-corrected chi connectivity index (χ3v) is 2.12. The fourth-order valence-electron chi connectivity index (χ4n) is 1.51. The van der Waals surface area contributed by atoms with E-state index in [1.54, 1.807) is 12.2 Å². The molecule has 1 rings (SSSR count). The van der Waals surface area contributed by atoms with Gasteiger partial charge in [-0.05, 0) is 19.1 Å². The van der Waals surface area contributed by atoms with Gasteiger partial charge in [-0.1, -0.05) is 65.7 Å². The summed E-state index contributed by atoms with van der Waals surface area (Å²) in [5.74, 6) is 0. The Bertz CT molecular complexity index is 472. The Morgan fingerprint density at radius 2 is 1.50 bits per heavy atom. The van der Waals surface area contributed by atoms with Crippen LogP contribution in [0.4, 0.5) is 0 Å². The van der Waals surface area contributed by atoms with Gasteiger partial charge in [-0.25, -0.2) is 0 Å². The van der Waals surface area contributed by atoms with Gasteiger partial charge in [0.1, 0.15) is 0 Å². The van der Waals surface area contributed by atoms with Gasteiger partial charge in [0.05, 0.1) is 0 Å². The zero-order valence-electron chi connectivity index (χ0n) is 12.5. The van der Waals surface area contributed by atoms with E-state index in [-0.39, 0.29) is 0 Å². The average molecular weight is 245 g/mol. The Kier molecular flexibility index (Phi) is 12.1. The van der Waals surface area contributed by atoms with Gasteiger partial charge < -0.3 is 4.98 Å². The van der Waals surface area contributed by atoms with Crippen molar-refractivity contribution < 1.29 is 0 Å². The average Bonchev–Trinajstić information content (AvgIpc) is 2.80. The molecule has 0 spiro atoms. The minimum absolute atomic E-state index is 1.00. The van der Waals surface area contributed by atoms with Crippen LogP contribution in [0.3, 0.4) is 0 Å². The fourth-order valence-corrected chi connectivity index (χ4v) is 1.51. The van der Waals surface area contributed by atoms with Crippen molar-refractivity contribution in [2.75, 3.05) is 0 Å². The van der Waals surface area contributed by atoms with Gasteiger partial charge in [-0.15, -0.1) is 0 Å². The largest absolute Gasteiger partial charge is 0.355 e. The second kappa shape index (κ2) is 11.7. The van der Waals surface area contributed by atoms with Crippen LogP contribution in [0.25, 0.3) is 24.3 Å². The Labute approximate surface area is 112 Å². The van der Waals surface area contributed by atoms with Crippen LogP contribution in [0, 0.1) is 0 Å². The van der Waals surface area contributed by atoms with Crippen molar-refractivity contribution in [3.05, 3.63) is 47.6 Å². The summed E-state index contributed by atoms with van der Waals surface area (Å²) >= 11 is 0. The molecule has 0 aromatic carbocycles. The van der Waals surface area contributed by atoms with E-state index in [1.807, 2.05) is 46.8 Å². The number of H-pyrrole nitrogens is 1. The molecule has 1 N–H and O–H groups in total. The second-order valence-electron chi connectivity index (χ2n) is 2.88. The van der Waals surface area contributed by atoms with Crippen molar-refractivity contribution in [2.24, 2.45) is 0 Å². The lowest BCUT2D eigenvalue weighted by atomic mass is 10.2. The molecule has 0 amide bonds. The molecule has 0 radical (unpaired) electrons. The van der Waals surface area contributed by atoms with E-state index in [9.17, 15) is 0 Å². The molecule has 18 heavy (non-hydrogen) atoms. The quantitative estimate of drug-likeness (QED) is 0.824. The summed E-state index contributed by atoms with van der Waals surface area (Å²) in [6, 6.07) is 0. The molecule has 0 unspecified atom stereocenters. The van der Waals surface area contributed by atoms with Crippen molar-refractivity contribution in [3.63, 3.8) is 0 Å². The molecule has 100 valence electrons. The van der Waals surface area contributed by atoms with Gasteiger partial charge in [0.2, 0.25) is 0 Å². The third-order valence-electron chi connectivity index (χ3n) is 2.12. The number of aromatic nitrogens is 1. The van der Waals surface area contributed by atoms with Crippen molar-refractivity contribution in [2.45, 2.75) is 34.6 Å². The van der Waals surface area contributed by atoms with E-state index >= 15 is 0 Å². The van der Waals surface area contributed by atoms with Crippen molar-refractivity contribution in [3.8, 4) is 0 Å². The first-order valence-corrected chi connectivity index (χ1v) is 6.54. The molecule has 1 heterocycles. The zero-order chi connectivity index (χ0) is 14.6. The number of hydrogen-bond acceptors (Lipinski definition) is 0. The second-order valence-corrected chi connectivity index (χ2v) is 2.88. The van der Waals surface area contributed by atoms with Gasteiger partial charge >= 0.3 is 0 Å². The number of hydrogen-bond donors (Lipinski definition) is 1. The Hall–Kier alpha value is -1.76. The van der Waals surface area contributed by atoms with E-state index < -0.39 is 0 Å². The van der Waals surface area contributed by atoms with Gasteiger partial charge in [0, 0.05) is 21.8 Å². The summed E-state index contributed by atoms with van der Waals surface area (Å²) in [4.78, 5) is 3.26. The Morgan fingerprint density at radius 3 is 1.83 bits per heavy atom. The van der Waals surface area contributed by atoms with Crippen LogP contribution < -0.4 is 10.6 Å². The summed E-state index contributed by atoms with van der Waals surface area (Å²) in [5, 5.41) is 2.20. The van der Waals surface area contributed by atoms with Crippen molar-refractivity contribution in [1.29, 1.82) is 0 Å². The van der Waals surface area contributed by atoms with Gasteiger partial charge in [-0.2, -0.15) is 0 Å². The summed E-state index contributed by atoms with van der Waals surface area (Å²) in [6.07, 6.45) is 9.39. The number of nitrogens with one attached hydrogen (secondary N) is 1. The highest BCUT2D eigenvalue weighted by Gasteiger charge is 2.00. The monoisotopic (exact) mass is 245 g/mol. The van der Waals surface area contributed by atoms with Crippen LogP contribution in [0.5, 0.6) is 0 Å². The topological polar surface area (TPSA) is 15.8 Å². The molecule has 1 heteroatoms. The predicted octanol–water partition coefficient (Wildman–Crippen LogP) is 4.12. The molecule has 0 fully saturated rings. The maximum Gasteiger partial charge on any atom is 0.0461 e. The van der Waals surface area contributed by atoms with Crippen LogP contribution in [-0.4, -0.2) is 4.98 Å². The van der Waals surface area contributed by atoms with E-state index in [0.717, 1.165) is 21.8 Å². The van der Waals surface area contributed by atoms with E-state index in [2.05, 4.69) is 30.8 Å².